The van der Waals surface area contributed by atoms with E-state index in [1.165, 1.54) is 7.11 Å². The van der Waals surface area contributed by atoms with Crippen LogP contribution in [-0.2, 0) is 16.0 Å². The van der Waals surface area contributed by atoms with Crippen LogP contribution in [0.4, 0.5) is 4.79 Å². The van der Waals surface area contributed by atoms with E-state index in [4.69, 9.17) is 9.15 Å². The number of furan rings is 1. The van der Waals surface area contributed by atoms with Crippen molar-refractivity contribution in [1.29, 1.82) is 0 Å². The summed E-state index contributed by atoms with van der Waals surface area (Å²) in [5, 5.41) is 0. The van der Waals surface area contributed by atoms with E-state index in [1.54, 1.807) is 24.5 Å². The zero-order valence-electron chi connectivity index (χ0n) is 8.93. The molecule has 0 aliphatic rings. The standard InChI is InChI=1S/C10H15NO4/c1-13-6-4-11(10(12)14-2)7-9-3-5-15-8-9/h3,5,8H,4,6-7H2,1-2H3. The van der Waals surface area contributed by atoms with Crippen molar-refractivity contribution in [2.75, 3.05) is 27.4 Å². The van der Waals surface area contributed by atoms with Crippen LogP contribution in [0.3, 0.4) is 0 Å². The summed E-state index contributed by atoms with van der Waals surface area (Å²) in [6.07, 6.45) is 2.80. The van der Waals surface area contributed by atoms with E-state index in [0.29, 0.717) is 19.7 Å². The molecule has 0 fully saturated rings. The summed E-state index contributed by atoms with van der Waals surface area (Å²) in [7, 11) is 2.95. The van der Waals surface area contributed by atoms with Gasteiger partial charge in [-0.2, -0.15) is 0 Å². The summed E-state index contributed by atoms with van der Waals surface area (Å²) < 4.78 is 14.5. The van der Waals surface area contributed by atoms with E-state index in [9.17, 15) is 4.79 Å². The fraction of sp³-hybridized carbons (Fsp3) is 0.500. The van der Waals surface area contributed by atoms with Gasteiger partial charge in [-0.15, -0.1) is 0 Å². The number of carbonyl (C=O) groups excluding carboxylic acids is 1. The van der Waals surface area contributed by atoms with Crippen LogP contribution in [0.1, 0.15) is 5.56 Å². The van der Waals surface area contributed by atoms with Crippen LogP contribution in [-0.4, -0.2) is 38.4 Å². The highest BCUT2D eigenvalue weighted by Crippen LogP contribution is 2.06. The molecule has 1 rings (SSSR count). The monoisotopic (exact) mass is 213 g/mol. The predicted molar refractivity (Wildman–Crippen MR) is 53.4 cm³/mol. The number of hydrogen-bond donors (Lipinski definition) is 0. The van der Waals surface area contributed by atoms with Crippen LogP contribution < -0.4 is 0 Å². The maximum absolute atomic E-state index is 11.4. The third-order valence-electron chi connectivity index (χ3n) is 1.95. The Morgan fingerprint density at radius 3 is 2.87 bits per heavy atom. The number of hydrogen-bond acceptors (Lipinski definition) is 4. The van der Waals surface area contributed by atoms with Crippen molar-refractivity contribution < 1.29 is 18.7 Å². The van der Waals surface area contributed by atoms with Gasteiger partial charge in [0, 0.05) is 19.2 Å². The predicted octanol–water partition coefficient (Wildman–Crippen LogP) is 1.49. The molecule has 0 unspecified atom stereocenters. The average Bonchev–Trinajstić information content (AvgIpc) is 2.75. The lowest BCUT2D eigenvalue weighted by molar-refractivity contribution is 0.100. The largest absolute Gasteiger partial charge is 0.472 e. The molecule has 1 heterocycles. The van der Waals surface area contributed by atoms with Gasteiger partial charge in [0.15, 0.2) is 0 Å². The second kappa shape index (κ2) is 6.08. The summed E-state index contributed by atoms with van der Waals surface area (Å²) >= 11 is 0. The van der Waals surface area contributed by atoms with Gasteiger partial charge < -0.3 is 18.8 Å². The Kier molecular flexibility index (Phi) is 4.70. The molecule has 0 saturated heterocycles. The minimum absolute atomic E-state index is 0.367. The van der Waals surface area contributed by atoms with Crippen LogP contribution in [0, 0.1) is 0 Å². The molecule has 0 aliphatic carbocycles. The van der Waals surface area contributed by atoms with Crippen molar-refractivity contribution in [2.24, 2.45) is 0 Å². The quantitative estimate of drug-likeness (QED) is 0.743. The molecular weight excluding hydrogens is 198 g/mol. The zero-order chi connectivity index (χ0) is 11.1. The molecule has 0 atom stereocenters. The zero-order valence-corrected chi connectivity index (χ0v) is 8.93. The summed E-state index contributed by atoms with van der Waals surface area (Å²) in [5.41, 5.74) is 0.927. The Balaban J connectivity index is 2.52. The maximum Gasteiger partial charge on any atom is 0.409 e. The van der Waals surface area contributed by atoms with E-state index in [1.807, 2.05) is 6.07 Å². The molecule has 0 bridgehead atoms. The van der Waals surface area contributed by atoms with Crippen molar-refractivity contribution in [2.45, 2.75) is 6.54 Å². The van der Waals surface area contributed by atoms with Crippen LogP contribution >= 0.6 is 0 Å². The Morgan fingerprint density at radius 2 is 2.33 bits per heavy atom. The number of nitrogens with zero attached hydrogens (tertiary/aromatic N) is 1. The minimum atomic E-state index is -0.367. The highest BCUT2D eigenvalue weighted by atomic mass is 16.5. The molecule has 1 aromatic heterocycles. The Morgan fingerprint density at radius 1 is 1.53 bits per heavy atom. The van der Waals surface area contributed by atoms with Crippen molar-refractivity contribution in [3.8, 4) is 0 Å². The fourth-order valence-electron chi connectivity index (χ4n) is 1.17. The van der Waals surface area contributed by atoms with Gasteiger partial charge in [-0.3, -0.25) is 0 Å². The first-order valence-electron chi connectivity index (χ1n) is 4.61. The van der Waals surface area contributed by atoms with Gasteiger partial charge in [0.2, 0.25) is 0 Å². The lowest BCUT2D eigenvalue weighted by Gasteiger charge is -2.19. The molecule has 0 aliphatic heterocycles. The lowest BCUT2D eigenvalue weighted by Crippen LogP contribution is -2.33. The molecule has 0 saturated carbocycles. The van der Waals surface area contributed by atoms with E-state index >= 15 is 0 Å². The van der Waals surface area contributed by atoms with Gasteiger partial charge in [0.05, 0.1) is 32.8 Å². The minimum Gasteiger partial charge on any atom is -0.472 e. The van der Waals surface area contributed by atoms with Gasteiger partial charge in [0.25, 0.3) is 0 Å². The second-order valence-corrected chi connectivity index (χ2v) is 3.02. The van der Waals surface area contributed by atoms with E-state index in [0.717, 1.165) is 5.56 Å². The van der Waals surface area contributed by atoms with Crippen LogP contribution in [0.15, 0.2) is 23.0 Å². The number of amides is 1. The molecule has 1 aromatic rings. The third kappa shape index (κ3) is 3.63. The molecule has 84 valence electrons. The summed E-state index contributed by atoms with van der Waals surface area (Å²) in [4.78, 5) is 12.9. The molecule has 1 amide bonds. The first-order chi connectivity index (χ1) is 7.27. The first-order valence-corrected chi connectivity index (χ1v) is 4.61. The van der Waals surface area contributed by atoms with E-state index in [-0.39, 0.29) is 6.09 Å². The summed E-state index contributed by atoms with van der Waals surface area (Å²) in [6.45, 7) is 1.44. The van der Waals surface area contributed by atoms with Crippen LogP contribution in [0.25, 0.3) is 0 Å². The third-order valence-corrected chi connectivity index (χ3v) is 1.95. The van der Waals surface area contributed by atoms with Crippen molar-refractivity contribution in [3.63, 3.8) is 0 Å². The number of ether oxygens (including phenoxy) is 2. The molecule has 0 radical (unpaired) electrons. The highest BCUT2D eigenvalue weighted by Gasteiger charge is 2.14. The average molecular weight is 213 g/mol. The molecule has 5 heteroatoms. The van der Waals surface area contributed by atoms with Crippen LogP contribution in [0.2, 0.25) is 0 Å². The van der Waals surface area contributed by atoms with Crippen LogP contribution in [0.5, 0.6) is 0 Å². The Labute approximate surface area is 88.6 Å². The van der Waals surface area contributed by atoms with E-state index in [2.05, 4.69) is 4.74 Å². The normalized spacial score (nSPS) is 10.0. The smallest absolute Gasteiger partial charge is 0.409 e. The topological polar surface area (TPSA) is 51.9 Å². The van der Waals surface area contributed by atoms with E-state index < -0.39 is 0 Å². The lowest BCUT2D eigenvalue weighted by atomic mass is 10.3. The van der Waals surface area contributed by atoms with Crippen molar-refractivity contribution in [1.82, 2.24) is 4.90 Å². The molecule has 5 nitrogen and oxygen atoms in total. The summed E-state index contributed by atoms with van der Waals surface area (Å²) in [5.74, 6) is 0. The van der Waals surface area contributed by atoms with Gasteiger partial charge in [-0.05, 0) is 6.07 Å². The Bertz CT molecular complexity index is 284. The molecule has 15 heavy (non-hydrogen) atoms. The van der Waals surface area contributed by atoms with Gasteiger partial charge in [-0.1, -0.05) is 0 Å². The molecule has 0 aromatic carbocycles. The highest BCUT2D eigenvalue weighted by molar-refractivity contribution is 5.67. The van der Waals surface area contributed by atoms with Gasteiger partial charge in [-0.25, -0.2) is 4.79 Å². The number of carbonyl (C=O) groups is 1. The SMILES string of the molecule is COCCN(Cc1ccoc1)C(=O)OC. The van der Waals surface area contributed by atoms with Gasteiger partial charge >= 0.3 is 6.09 Å². The second-order valence-electron chi connectivity index (χ2n) is 3.02. The molecular formula is C10H15NO4. The fourth-order valence-corrected chi connectivity index (χ4v) is 1.17. The van der Waals surface area contributed by atoms with Crippen molar-refractivity contribution in [3.05, 3.63) is 24.2 Å². The molecule has 0 spiro atoms. The number of rotatable bonds is 5. The van der Waals surface area contributed by atoms with Gasteiger partial charge in [0.1, 0.15) is 0 Å². The molecule has 0 N–H and O–H groups in total. The Hall–Kier alpha value is -1.49. The maximum atomic E-state index is 11.4. The van der Waals surface area contributed by atoms with Crippen molar-refractivity contribution >= 4 is 6.09 Å². The summed E-state index contributed by atoms with van der Waals surface area (Å²) in [6, 6.07) is 1.81. The number of methoxy groups -OCH3 is 2. The first kappa shape index (κ1) is 11.6.